The quantitative estimate of drug-likeness (QED) is 0.845. The first-order valence-electron chi connectivity index (χ1n) is 7.37. The molecule has 1 heterocycles. The molecule has 0 bridgehead atoms. The first-order valence-corrected chi connectivity index (χ1v) is 8.85. The number of ether oxygens (including phenoxy) is 3. The summed E-state index contributed by atoms with van der Waals surface area (Å²) in [5.74, 6) is 0.814. The highest BCUT2D eigenvalue weighted by Crippen LogP contribution is 2.32. The molecule has 25 heavy (non-hydrogen) atoms. The lowest BCUT2D eigenvalue weighted by Gasteiger charge is -2.19. The molecule has 9 heteroatoms. The molecule has 2 aromatic carbocycles. The van der Waals surface area contributed by atoms with Crippen LogP contribution in [0.1, 0.15) is 5.56 Å². The lowest BCUT2D eigenvalue weighted by Crippen LogP contribution is -2.24. The third-order valence-corrected chi connectivity index (χ3v) is 4.81. The normalized spacial score (nSPS) is 13.7. The molecule has 0 aliphatic carbocycles. The second-order valence-corrected chi connectivity index (χ2v) is 6.92. The fourth-order valence-electron chi connectivity index (χ4n) is 2.28. The van der Waals surface area contributed by atoms with Crippen LogP contribution in [0.2, 0.25) is 0 Å². The zero-order chi connectivity index (χ0) is 17.9. The lowest BCUT2D eigenvalue weighted by atomic mass is 10.2. The van der Waals surface area contributed by atoms with E-state index in [0.717, 1.165) is 0 Å². The molecule has 0 saturated carbocycles. The number of fused-ring (bicyclic) bond motifs is 1. The van der Waals surface area contributed by atoms with Crippen molar-refractivity contribution in [3.05, 3.63) is 48.0 Å². The van der Waals surface area contributed by atoms with Crippen molar-refractivity contribution in [1.82, 2.24) is 4.72 Å². The summed E-state index contributed by atoms with van der Waals surface area (Å²) in [5, 5.41) is 0. The van der Waals surface area contributed by atoms with Gasteiger partial charge in [0.25, 0.3) is 0 Å². The Morgan fingerprint density at radius 2 is 1.84 bits per heavy atom. The number of nitrogens with one attached hydrogen (secondary N) is 1. The molecule has 0 fully saturated rings. The predicted octanol–water partition coefficient (Wildman–Crippen LogP) is 2.54. The third kappa shape index (κ3) is 4.37. The van der Waals surface area contributed by atoms with Gasteiger partial charge in [-0.05, 0) is 29.8 Å². The summed E-state index contributed by atoms with van der Waals surface area (Å²) in [5.41, 5.74) is 0.485. The van der Waals surface area contributed by atoms with Crippen molar-refractivity contribution in [1.29, 1.82) is 0 Å². The van der Waals surface area contributed by atoms with Gasteiger partial charge in [-0.1, -0.05) is 12.1 Å². The number of halogens is 2. The number of hydrogen-bond acceptors (Lipinski definition) is 5. The highest BCUT2D eigenvalue weighted by Gasteiger charge is 2.19. The molecule has 1 N–H and O–H groups in total. The van der Waals surface area contributed by atoms with Gasteiger partial charge in [0.05, 0.1) is 4.90 Å². The minimum Gasteiger partial charge on any atom is -0.486 e. The Balaban J connectivity index is 1.72. The standard InChI is InChI=1S/C16H15F2NO5S/c17-16(18)24-12-3-1-2-11(8-12)10-19-25(20,21)13-4-5-14-15(9-13)23-7-6-22-14/h1-5,8-9,16,19H,6-7,10H2. The van der Waals surface area contributed by atoms with Gasteiger partial charge in [0, 0.05) is 12.6 Å². The largest absolute Gasteiger partial charge is 0.486 e. The van der Waals surface area contributed by atoms with E-state index in [0.29, 0.717) is 30.3 Å². The van der Waals surface area contributed by atoms with Gasteiger partial charge in [-0.3, -0.25) is 0 Å². The van der Waals surface area contributed by atoms with Crippen molar-refractivity contribution in [2.75, 3.05) is 13.2 Å². The van der Waals surface area contributed by atoms with Crippen molar-refractivity contribution in [3.63, 3.8) is 0 Å². The average Bonchev–Trinajstić information content (AvgIpc) is 2.59. The first kappa shape index (κ1) is 17.4. The van der Waals surface area contributed by atoms with Crippen LogP contribution in [0.25, 0.3) is 0 Å². The van der Waals surface area contributed by atoms with Crippen LogP contribution in [0, 0.1) is 0 Å². The molecule has 0 aromatic heterocycles. The van der Waals surface area contributed by atoms with E-state index in [1.54, 1.807) is 6.07 Å². The van der Waals surface area contributed by atoms with E-state index in [1.165, 1.54) is 36.4 Å². The Morgan fingerprint density at radius 1 is 1.08 bits per heavy atom. The zero-order valence-corrected chi connectivity index (χ0v) is 13.8. The molecule has 1 aliphatic heterocycles. The smallest absolute Gasteiger partial charge is 0.387 e. The van der Waals surface area contributed by atoms with Crippen molar-refractivity contribution in [2.45, 2.75) is 18.1 Å². The minimum absolute atomic E-state index is 0.0248. The third-order valence-electron chi connectivity index (χ3n) is 3.41. The van der Waals surface area contributed by atoms with Gasteiger partial charge in [-0.15, -0.1) is 0 Å². The second kappa shape index (κ2) is 7.24. The average molecular weight is 371 g/mol. The molecule has 0 spiro atoms. The van der Waals surface area contributed by atoms with Gasteiger partial charge in [0.1, 0.15) is 19.0 Å². The number of sulfonamides is 1. The number of rotatable bonds is 6. The van der Waals surface area contributed by atoms with Crippen LogP contribution in [-0.4, -0.2) is 28.2 Å². The maximum atomic E-state index is 12.4. The SMILES string of the molecule is O=S(=O)(NCc1cccc(OC(F)F)c1)c1ccc2c(c1)OCCO2. The van der Waals surface area contributed by atoms with Crippen molar-refractivity contribution < 1.29 is 31.4 Å². The van der Waals surface area contributed by atoms with Gasteiger partial charge < -0.3 is 14.2 Å². The van der Waals surface area contributed by atoms with E-state index in [4.69, 9.17) is 9.47 Å². The Kier molecular flexibility index (Phi) is 5.05. The summed E-state index contributed by atoms with van der Waals surface area (Å²) in [4.78, 5) is 0.0248. The lowest BCUT2D eigenvalue weighted by molar-refractivity contribution is -0.0498. The van der Waals surface area contributed by atoms with E-state index in [9.17, 15) is 17.2 Å². The van der Waals surface area contributed by atoms with Gasteiger partial charge in [-0.2, -0.15) is 8.78 Å². The number of benzene rings is 2. The predicted molar refractivity (Wildman–Crippen MR) is 84.5 cm³/mol. The Bertz CT molecular complexity index is 857. The van der Waals surface area contributed by atoms with E-state index < -0.39 is 16.6 Å². The van der Waals surface area contributed by atoms with Gasteiger partial charge in [0.15, 0.2) is 11.5 Å². The summed E-state index contributed by atoms with van der Waals surface area (Å²) in [6, 6.07) is 10.1. The summed E-state index contributed by atoms with van der Waals surface area (Å²) < 4.78 is 66.7. The molecule has 0 radical (unpaired) electrons. The molecular formula is C16H15F2NO5S. The highest BCUT2D eigenvalue weighted by atomic mass is 32.2. The fraction of sp³-hybridized carbons (Fsp3) is 0.250. The first-order chi connectivity index (χ1) is 11.9. The van der Waals surface area contributed by atoms with Crippen LogP contribution < -0.4 is 18.9 Å². The minimum atomic E-state index is -3.80. The van der Waals surface area contributed by atoms with Crippen molar-refractivity contribution in [2.24, 2.45) is 0 Å². The van der Waals surface area contributed by atoms with Gasteiger partial charge in [0.2, 0.25) is 10.0 Å². The summed E-state index contributed by atoms with van der Waals surface area (Å²) >= 11 is 0. The monoisotopic (exact) mass is 371 g/mol. The summed E-state index contributed by atoms with van der Waals surface area (Å²) in [6.45, 7) is -2.25. The number of hydrogen-bond donors (Lipinski definition) is 1. The number of alkyl halides is 2. The second-order valence-electron chi connectivity index (χ2n) is 5.16. The van der Waals surface area contributed by atoms with Crippen molar-refractivity contribution in [3.8, 4) is 17.2 Å². The maximum absolute atomic E-state index is 12.4. The Labute approximate surface area is 143 Å². The molecule has 0 saturated heterocycles. The van der Waals surface area contributed by atoms with Crippen LogP contribution >= 0.6 is 0 Å². The van der Waals surface area contributed by atoms with Gasteiger partial charge in [-0.25, -0.2) is 13.1 Å². The van der Waals surface area contributed by atoms with E-state index in [2.05, 4.69) is 9.46 Å². The zero-order valence-electron chi connectivity index (χ0n) is 12.9. The molecule has 6 nitrogen and oxygen atoms in total. The van der Waals surface area contributed by atoms with Crippen LogP contribution in [0.15, 0.2) is 47.4 Å². The molecule has 1 aliphatic rings. The van der Waals surface area contributed by atoms with Crippen LogP contribution in [0.3, 0.4) is 0 Å². The van der Waals surface area contributed by atoms with Crippen molar-refractivity contribution >= 4 is 10.0 Å². The van der Waals surface area contributed by atoms with E-state index >= 15 is 0 Å². The van der Waals surface area contributed by atoms with E-state index in [1.807, 2.05) is 0 Å². The molecule has 3 rings (SSSR count). The summed E-state index contributed by atoms with van der Waals surface area (Å²) in [6.07, 6.45) is 0. The highest BCUT2D eigenvalue weighted by molar-refractivity contribution is 7.89. The topological polar surface area (TPSA) is 73.9 Å². The van der Waals surface area contributed by atoms with Gasteiger partial charge >= 0.3 is 6.61 Å². The maximum Gasteiger partial charge on any atom is 0.387 e. The molecule has 0 amide bonds. The van der Waals surface area contributed by atoms with Crippen LogP contribution in [0.4, 0.5) is 8.78 Å². The molecule has 0 unspecified atom stereocenters. The van der Waals surface area contributed by atoms with E-state index in [-0.39, 0.29) is 17.2 Å². The molecule has 0 atom stereocenters. The fourth-order valence-corrected chi connectivity index (χ4v) is 3.32. The van der Waals surface area contributed by atoms with Crippen LogP contribution in [-0.2, 0) is 16.6 Å². The molecular weight excluding hydrogens is 356 g/mol. The molecule has 134 valence electrons. The molecule has 2 aromatic rings. The summed E-state index contributed by atoms with van der Waals surface area (Å²) in [7, 11) is -3.80. The Morgan fingerprint density at radius 3 is 2.60 bits per heavy atom. The van der Waals surface area contributed by atoms with Crippen LogP contribution in [0.5, 0.6) is 17.2 Å². The Hall–Kier alpha value is -2.39.